The van der Waals surface area contributed by atoms with Gasteiger partial charge in [-0.25, -0.2) is 0 Å². The third-order valence-corrected chi connectivity index (χ3v) is 3.72. The summed E-state index contributed by atoms with van der Waals surface area (Å²) in [5.74, 6) is -0.0383. The molecule has 0 saturated carbocycles. The molecule has 0 aliphatic carbocycles. The number of hydrogen-bond donors (Lipinski definition) is 0. The Labute approximate surface area is 95.5 Å². The Morgan fingerprint density at radius 1 is 1.29 bits per heavy atom. The zero-order valence-electron chi connectivity index (χ0n) is 8.51. The summed E-state index contributed by atoms with van der Waals surface area (Å²) in [5, 5.41) is -0.800. The van der Waals surface area contributed by atoms with E-state index in [0.717, 1.165) is 19.6 Å². The third-order valence-electron chi connectivity index (χ3n) is 2.59. The highest BCUT2D eigenvalue weighted by Gasteiger charge is 2.24. The average molecular weight is 238 g/mol. The number of carbonyl (C=O) groups excluding carboxylic acids is 1. The minimum absolute atomic E-state index is 0.0383. The highest BCUT2D eigenvalue weighted by atomic mass is 35.5. The molecule has 0 radical (unpaired) electrons. The summed E-state index contributed by atoms with van der Waals surface area (Å²) in [6.07, 6.45) is 3.77. The van der Waals surface area contributed by atoms with Gasteiger partial charge in [-0.15, -0.1) is 23.2 Å². The molecule has 14 heavy (non-hydrogen) atoms. The SMILES string of the molecule is CC(=O)C(Cl)C(Cl)CN1CCCCC1. The molecule has 1 saturated heterocycles. The minimum atomic E-state index is -0.543. The van der Waals surface area contributed by atoms with E-state index in [0.29, 0.717) is 0 Å². The van der Waals surface area contributed by atoms with Crippen LogP contribution in [0.15, 0.2) is 0 Å². The second-order valence-electron chi connectivity index (χ2n) is 3.89. The summed E-state index contributed by atoms with van der Waals surface area (Å²) < 4.78 is 0. The summed E-state index contributed by atoms with van der Waals surface area (Å²) in [6, 6.07) is 0. The van der Waals surface area contributed by atoms with E-state index >= 15 is 0 Å². The molecule has 0 amide bonds. The molecule has 0 spiro atoms. The Bertz CT molecular complexity index is 193. The van der Waals surface area contributed by atoms with Crippen molar-refractivity contribution in [2.75, 3.05) is 19.6 Å². The summed E-state index contributed by atoms with van der Waals surface area (Å²) >= 11 is 11.9. The van der Waals surface area contributed by atoms with Crippen LogP contribution in [0.25, 0.3) is 0 Å². The van der Waals surface area contributed by atoms with E-state index in [1.54, 1.807) is 0 Å². The molecular formula is C10H17Cl2NO. The van der Waals surface area contributed by atoms with Gasteiger partial charge in [-0.05, 0) is 32.9 Å². The number of likely N-dealkylation sites (tertiary alicyclic amines) is 1. The lowest BCUT2D eigenvalue weighted by atomic mass is 10.1. The molecule has 1 fully saturated rings. The quantitative estimate of drug-likeness (QED) is 0.700. The zero-order chi connectivity index (χ0) is 10.6. The van der Waals surface area contributed by atoms with Crippen molar-refractivity contribution in [2.45, 2.75) is 36.9 Å². The monoisotopic (exact) mass is 237 g/mol. The fourth-order valence-corrected chi connectivity index (χ4v) is 2.19. The smallest absolute Gasteiger partial charge is 0.149 e. The Morgan fingerprint density at radius 2 is 1.86 bits per heavy atom. The number of halogens is 2. The molecule has 1 heterocycles. The first-order valence-electron chi connectivity index (χ1n) is 5.12. The molecule has 1 aliphatic heterocycles. The normalized spacial score (nSPS) is 23.1. The van der Waals surface area contributed by atoms with Crippen LogP contribution in [0.3, 0.4) is 0 Å². The molecule has 0 aromatic rings. The zero-order valence-corrected chi connectivity index (χ0v) is 10.0. The van der Waals surface area contributed by atoms with Crippen molar-refractivity contribution in [3.05, 3.63) is 0 Å². The second kappa shape index (κ2) is 5.94. The second-order valence-corrected chi connectivity index (χ2v) is 4.92. The van der Waals surface area contributed by atoms with Gasteiger partial charge in [-0.3, -0.25) is 4.79 Å². The molecule has 0 N–H and O–H groups in total. The molecule has 4 heteroatoms. The predicted octanol–water partition coefficient (Wildman–Crippen LogP) is 2.28. The van der Waals surface area contributed by atoms with E-state index in [1.165, 1.54) is 26.2 Å². The largest absolute Gasteiger partial charge is 0.302 e. The Morgan fingerprint density at radius 3 is 2.36 bits per heavy atom. The van der Waals surface area contributed by atoms with E-state index in [-0.39, 0.29) is 11.2 Å². The van der Waals surface area contributed by atoms with E-state index in [9.17, 15) is 4.79 Å². The van der Waals surface area contributed by atoms with Gasteiger partial charge in [-0.2, -0.15) is 0 Å². The molecule has 0 bridgehead atoms. The van der Waals surface area contributed by atoms with Crippen molar-refractivity contribution >= 4 is 29.0 Å². The molecule has 1 rings (SSSR count). The van der Waals surface area contributed by atoms with Crippen LogP contribution in [0.4, 0.5) is 0 Å². The van der Waals surface area contributed by atoms with Crippen molar-refractivity contribution in [1.29, 1.82) is 0 Å². The summed E-state index contributed by atoms with van der Waals surface area (Å²) in [7, 11) is 0. The van der Waals surface area contributed by atoms with Crippen LogP contribution < -0.4 is 0 Å². The van der Waals surface area contributed by atoms with Crippen LogP contribution in [-0.2, 0) is 4.79 Å². The first kappa shape index (κ1) is 12.3. The van der Waals surface area contributed by atoms with E-state index < -0.39 is 5.38 Å². The van der Waals surface area contributed by atoms with Crippen LogP contribution in [0.5, 0.6) is 0 Å². The highest BCUT2D eigenvalue weighted by Crippen LogP contribution is 2.16. The fraction of sp³-hybridized carbons (Fsp3) is 0.900. The summed E-state index contributed by atoms with van der Waals surface area (Å²) in [6.45, 7) is 4.40. The third kappa shape index (κ3) is 3.76. The van der Waals surface area contributed by atoms with Crippen LogP contribution in [-0.4, -0.2) is 41.1 Å². The van der Waals surface area contributed by atoms with Gasteiger partial charge >= 0.3 is 0 Å². The average Bonchev–Trinajstić information content (AvgIpc) is 2.18. The Hall–Kier alpha value is 0.210. The van der Waals surface area contributed by atoms with Gasteiger partial charge in [-0.1, -0.05) is 6.42 Å². The number of hydrogen-bond acceptors (Lipinski definition) is 2. The topological polar surface area (TPSA) is 20.3 Å². The molecule has 0 aromatic heterocycles. The molecule has 82 valence electrons. The van der Waals surface area contributed by atoms with E-state index in [1.807, 2.05) is 0 Å². The first-order valence-corrected chi connectivity index (χ1v) is 5.99. The standard InChI is InChI=1S/C10H17Cl2NO/c1-8(14)10(12)9(11)7-13-5-3-2-4-6-13/h9-10H,2-7H2,1H3. The van der Waals surface area contributed by atoms with Crippen molar-refractivity contribution in [3.8, 4) is 0 Å². The number of Topliss-reactive ketones (excluding diaryl/α,β-unsaturated/α-hetero) is 1. The van der Waals surface area contributed by atoms with Crippen LogP contribution in [0.1, 0.15) is 26.2 Å². The predicted molar refractivity (Wildman–Crippen MR) is 60.3 cm³/mol. The number of ketones is 1. The van der Waals surface area contributed by atoms with Crippen LogP contribution in [0.2, 0.25) is 0 Å². The van der Waals surface area contributed by atoms with Gasteiger partial charge in [0.25, 0.3) is 0 Å². The van der Waals surface area contributed by atoms with Crippen molar-refractivity contribution < 1.29 is 4.79 Å². The molecule has 2 unspecified atom stereocenters. The van der Waals surface area contributed by atoms with Gasteiger partial charge in [0.1, 0.15) is 11.2 Å². The highest BCUT2D eigenvalue weighted by molar-refractivity contribution is 6.37. The summed E-state index contributed by atoms with van der Waals surface area (Å²) in [4.78, 5) is 13.3. The van der Waals surface area contributed by atoms with Crippen molar-refractivity contribution in [2.24, 2.45) is 0 Å². The maximum absolute atomic E-state index is 11.0. The van der Waals surface area contributed by atoms with Gasteiger partial charge in [0.15, 0.2) is 0 Å². The maximum Gasteiger partial charge on any atom is 0.149 e. The Kier molecular flexibility index (Phi) is 5.21. The van der Waals surface area contributed by atoms with Crippen molar-refractivity contribution in [1.82, 2.24) is 4.90 Å². The maximum atomic E-state index is 11.0. The summed E-state index contributed by atoms with van der Waals surface area (Å²) in [5.41, 5.74) is 0. The number of nitrogens with zero attached hydrogens (tertiary/aromatic N) is 1. The fourth-order valence-electron chi connectivity index (χ4n) is 1.74. The minimum Gasteiger partial charge on any atom is -0.302 e. The molecular weight excluding hydrogens is 221 g/mol. The van der Waals surface area contributed by atoms with Crippen molar-refractivity contribution in [3.63, 3.8) is 0 Å². The number of piperidine rings is 1. The number of alkyl halides is 2. The number of rotatable bonds is 4. The van der Waals surface area contributed by atoms with E-state index in [4.69, 9.17) is 23.2 Å². The first-order chi connectivity index (χ1) is 6.61. The molecule has 2 nitrogen and oxygen atoms in total. The van der Waals surface area contributed by atoms with Gasteiger partial charge < -0.3 is 4.90 Å². The Balaban J connectivity index is 2.31. The van der Waals surface area contributed by atoms with Gasteiger partial charge in [0.2, 0.25) is 0 Å². The lowest BCUT2D eigenvalue weighted by Gasteiger charge is -2.29. The lowest BCUT2D eigenvalue weighted by molar-refractivity contribution is -0.116. The van der Waals surface area contributed by atoms with Gasteiger partial charge in [0, 0.05) is 6.54 Å². The molecule has 1 aliphatic rings. The lowest BCUT2D eigenvalue weighted by Crippen LogP contribution is -2.39. The van der Waals surface area contributed by atoms with E-state index in [2.05, 4.69) is 4.90 Å². The van der Waals surface area contributed by atoms with Crippen LogP contribution >= 0.6 is 23.2 Å². The molecule has 0 aromatic carbocycles. The van der Waals surface area contributed by atoms with Gasteiger partial charge in [0.05, 0.1) is 5.38 Å². The van der Waals surface area contributed by atoms with Crippen LogP contribution in [0, 0.1) is 0 Å². The molecule has 2 atom stereocenters. The number of carbonyl (C=O) groups is 1.